The number of thiocarbonyl (C=S) groups is 1. The summed E-state index contributed by atoms with van der Waals surface area (Å²) in [5.74, 6) is -9.48. The van der Waals surface area contributed by atoms with Gasteiger partial charge in [-0.2, -0.15) is 0 Å². The number of hydrogen-bond acceptors (Lipinski definition) is 5. The molecule has 3 aromatic rings. The zero-order valence-corrected chi connectivity index (χ0v) is 21.4. The molecule has 3 aromatic carbocycles. The quantitative estimate of drug-likeness (QED) is 0.141. The number of hydrogen-bond donors (Lipinski definition) is 2. The van der Waals surface area contributed by atoms with Crippen molar-refractivity contribution in [3.8, 4) is 5.75 Å². The van der Waals surface area contributed by atoms with Gasteiger partial charge in [0.2, 0.25) is 11.7 Å². The van der Waals surface area contributed by atoms with Crippen molar-refractivity contribution in [2.75, 3.05) is 48.4 Å². The summed E-state index contributed by atoms with van der Waals surface area (Å²) >= 11 is 5.19. The van der Waals surface area contributed by atoms with Gasteiger partial charge in [0.05, 0.1) is 7.11 Å². The summed E-state index contributed by atoms with van der Waals surface area (Å²) in [7, 11) is 1.57. The van der Waals surface area contributed by atoms with E-state index in [4.69, 9.17) is 17.0 Å². The molecular formula is C27H23F5N4O2S. The first-order valence-corrected chi connectivity index (χ1v) is 12.1. The van der Waals surface area contributed by atoms with E-state index in [9.17, 15) is 26.7 Å². The van der Waals surface area contributed by atoms with Crippen LogP contribution in [0, 0.1) is 29.1 Å². The molecule has 1 saturated heterocycles. The standard InChI is InChI=1S/C27H23F5N4O2S/c1-38-19-9-2-16(3-10-19)4-11-20(37)34-27(39)33-17-5-7-18(8-6-17)35-12-14-36(15-13-35)26-24(31)22(29)21(28)23(30)25(26)32/h2-11H,12-15H2,1H3,(H2,33,34,37,39)/b11-4+. The first kappa shape index (κ1) is 27.8. The van der Waals surface area contributed by atoms with Crippen molar-refractivity contribution in [3.63, 3.8) is 0 Å². The molecule has 0 bridgehead atoms. The fraction of sp³-hybridized carbons (Fsp3) is 0.185. The number of methoxy groups -OCH3 is 1. The molecule has 0 radical (unpaired) electrons. The van der Waals surface area contributed by atoms with Gasteiger partial charge in [-0.25, -0.2) is 22.0 Å². The Hall–Kier alpha value is -4.19. The fourth-order valence-electron chi connectivity index (χ4n) is 4.02. The van der Waals surface area contributed by atoms with E-state index in [1.54, 1.807) is 61.7 Å². The Morgan fingerprint density at radius 1 is 0.821 bits per heavy atom. The van der Waals surface area contributed by atoms with Gasteiger partial charge in [-0.05, 0) is 60.3 Å². The summed E-state index contributed by atoms with van der Waals surface area (Å²) in [6.07, 6.45) is 2.99. The van der Waals surface area contributed by atoms with Crippen molar-refractivity contribution in [1.29, 1.82) is 0 Å². The van der Waals surface area contributed by atoms with Gasteiger partial charge in [-0.15, -0.1) is 0 Å². The molecule has 1 amide bonds. The van der Waals surface area contributed by atoms with E-state index in [1.165, 1.54) is 6.08 Å². The molecule has 1 aliphatic heterocycles. The fourth-order valence-corrected chi connectivity index (χ4v) is 4.24. The van der Waals surface area contributed by atoms with Crippen LogP contribution in [-0.2, 0) is 4.79 Å². The van der Waals surface area contributed by atoms with Gasteiger partial charge in [-0.3, -0.25) is 10.1 Å². The Kier molecular flexibility index (Phi) is 8.65. The van der Waals surface area contributed by atoms with Crippen LogP contribution in [0.5, 0.6) is 5.75 Å². The van der Waals surface area contributed by atoms with Crippen LogP contribution in [0.4, 0.5) is 39.0 Å². The topological polar surface area (TPSA) is 56.8 Å². The van der Waals surface area contributed by atoms with Crippen LogP contribution in [-0.4, -0.2) is 44.3 Å². The summed E-state index contributed by atoms with van der Waals surface area (Å²) in [5, 5.41) is 5.57. The predicted octanol–water partition coefficient (Wildman–Crippen LogP) is 5.24. The monoisotopic (exact) mass is 562 g/mol. The molecule has 0 unspecified atom stereocenters. The second kappa shape index (κ2) is 12.1. The van der Waals surface area contributed by atoms with Crippen molar-refractivity contribution in [3.05, 3.63) is 89.3 Å². The lowest BCUT2D eigenvalue weighted by molar-refractivity contribution is -0.115. The third kappa shape index (κ3) is 6.45. The third-order valence-corrected chi connectivity index (χ3v) is 6.26. The van der Waals surface area contributed by atoms with E-state index in [0.717, 1.165) is 16.2 Å². The minimum Gasteiger partial charge on any atom is -0.497 e. The number of ether oxygens (including phenoxy) is 1. The largest absolute Gasteiger partial charge is 0.497 e. The number of anilines is 3. The van der Waals surface area contributed by atoms with E-state index in [1.807, 2.05) is 4.90 Å². The van der Waals surface area contributed by atoms with Gasteiger partial charge in [0.1, 0.15) is 11.4 Å². The Balaban J connectivity index is 1.29. The van der Waals surface area contributed by atoms with E-state index < -0.39 is 40.7 Å². The lowest BCUT2D eigenvalue weighted by Gasteiger charge is -2.37. The van der Waals surface area contributed by atoms with Crippen LogP contribution in [0.25, 0.3) is 6.08 Å². The van der Waals surface area contributed by atoms with Gasteiger partial charge in [0.25, 0.3) is 0 Å². The average molecular weight is 563 g/mol. The highest BCUT2D eigenvalue weighted by atomic mass is 32.1. The summed E-state index contributed by atoms with van der Waals surface area (Å²) in [6.45, 7) is 0.694. The molecule has 0 aliphatic carbocycles. The van der Waals surface area contributed by atoms with Gasteiger partial charge in [0, 0.05) is 43.6 Å². The van der Waals surface area contributed by atoms with Crippen molar-refractivity contribution in [2.24, 2.45) is 0 Å². The molecule has 39 heavy (non-hydrogen) atoms. The summed E-state index contributed by atoms with van der Waals surface area (Å²) in [5.41, 5.74) is 1.30. The van der Waals surface area contributed by atoms with Crippen molar-refractivity contribution >= 4 is 46.4 Å². The SMILES string of the molecule is COc1ccc(/C=C/C(=O)NC(=S)Nc2ccc(N3CCN(c4c(F)c(F)c(F)c(F)c4F)CC3)cc2)cc1. The lowest BCUT2D eigenvalue weighted by Crippen LogP contribution is -2.47. The van der Waals surface area contributed by atoms with E-state index in [0.29, 0.717) is 24.5 Å². The Labute approximate surface area is 226 Å². The summed E-state index contributed by atoms with van der Waals surface area (Å²) < 4.78 is 73.9. The highest BCUT2D eigenvalue weighted by molar-refractivity contribution is 7.80. The highest BCUT2D eigenvalue weighted by Gasteiger charge is 2.30. The molecule has 12 heteroatoms. The number of nitrogens with zero attached hydrogens (tertiary/aromatic N) is 2. The number of carbonyl (C=O) groups excluding carboxylic acids is 1. The van der Waals surface area contributed by atoms with Crippen LogP contribution in [0.15, 0.2) is 54.6 Å². The number of carbonyl (C=O) groups is 1. The smallest absolute Gasteiger partial charge is 0.250 e. The summed E-state index contributed by atoms with van der Waals surface area (Å²) in [4.78, 5) is 15.2. The van der Waals surface area contributed by atoms with Gasteiger partial charge in [0.15, 0.2) is 28.4 Å². The molecule has 1 heterocycles. The van der Waals surface area contributed by atoms with Crippen LogP contribution >= 0.6 is 12.2 Å². The van der Waals surface area contributed by atoms with Gasteiger partial charge < -0.3 is 19.9 Å². The van der Waals surface area contributed by atoms with Crippen molar-refractivity contribution in [2.45, 2.75) is 0 Å². The first-order valence-electron chi connectivity index (χ1n) is 11.7. The van der Waals surface area contributed by atoms with Crippen LogP contribution in [0.1, 0.15) is 5.56 Å². The zero-order chi connectivity index (χ0) is 28.1. The lowest BCUT2D eigenvalue weighted by atomic mass is 10.2. The maximum absolute atomic E-state index is 14.2. The van der Waals surface area contributed by atoms with Gasteiger partial charge >= 0.3 is 0 Å². The predicted molar refractivity (Wildman–Crippen MR) is 143 cm³/mol. The molecular weight excluding hydrogens is 539 g/mol. The number of piperazine rings is 1. The molecule has 0 aromatic heterocycles. The van der Waals surface area contributed by atoms with Crippen LogP contribution in [0.3, 0.4) is 0 Å². The number of halogens is 5. The maximum Gasteiger partial charge on any atom is 0.250 e. The Morgan fingerprint density at radius 2 is 1.36 bits per heavy atom. The van der Waals surface area contributed by atoms with Crippen molar-refractivity contribution in [1.82, 2.24) is 5.32 Å². The third-order valence-electron chi connectivity index (χ3n) is 6.05. The molecule has 4 rings (SSSR count). The molecule has 0 atom stereocenters. The second-order valence-electron chi connectivity index (χ2n) is 8.49. The summed E-state index contributed by atoms with van der Waals surface area (Å²) in [6, 6.07) is 14.2. The molecule has 0 spiro atoms. The number of benzene rings is 3. The molecule has 1 fully saturated rings. The Morgan fingerprint density at radius 3 is 1.92 bits per heavy atom. The zero-order valence-electron chi connectivity index (χ0n) is 20.6. The molecule has 0 saturated carbocycles. The molecule has 2 N–H and O–H groups in total. The second-order valence-corrected chi connectivity index (χ2v) is 8.90. The normalized spacial score (nSPS) is 13.5. The number of amides is 1. The highest BCUT2D eigenvalue weighted by Crippen LogP contribution is 2.31. The molecule has 1 aliphatic rings. The number of rotatable bonds is 6. The van der Waals surface area contributed by atoms with E-state index in [-0.39, 0.29) is 18.2 Å². The minimum atomic E-state index is -2.18. The van der Waals surface area contributed by atoms with Crippen molar-refractivity contribution < 1.29 is 31.5 Å². The number of nitrogens with one attached hydrogen (secondary N) is 2. The molecule has 204 valence electrons. The van der Waals surface area contributed by atoms with Crippen LogP contribution < -0.4 is 25.2 Å². The Bertz CT molecular complexity index is 1360. The average Bonchev–Trinajstić information content (AvgIpc) is 2.95. The maximum atomic E-state index is 14.2. The van der Waals surface area contributed by atoms with E-state index in [2.05, 4.69) is 10.6 Å². The first-order chi connectivity index (χ1) is 18.7. The van der Waals surface area contributed by atoms with E-state index >= 15 is 0 Å². The molecule has 6 nitrogen and oxygen atoms in total. The van der Waals surface area contributed by atoms with Crippen LogP contribution in [0.2, 0.25) is 0 Å². The van der Waals surface area contributed by atoms with Gasteiger partial charge in [-0.1, -0.05) is 12.1 Å². The minimum absolute atomic E-state index is 0.0541.